The lowest BCUT2D eigenvalue weighted by molar-refractivity contribution is 1.30. The molecule has 1 aromatic heterocycles. The van der Waals surface area contributed by atoms with E-state index in [9.17, 15) is 0 Å². The van der Waals surface area contributed by atoms with Crippen molar-refractivity contribution in [2.75, 3.05) is 11.1 Å². The Balaban J connectivity index is 2.37. The first-order chi connectivity index (χ1) is 8.06. The van der Waals surface area contributed by atoms with Gasteiger partial charge in [-0.1, -0.05) is 17.7 Å². The van der Waals surface area contributed by atoms with E-state index < -0.39 is 0 Å². The number of halogens is 2. The van der Waals surface area contributed by atoms with Gasteiger partial charge >= 0.3 is 0 Å². The van der Waals surface area contributed by atoms with Gasteiger partial charge in [-0.15, -0.1) is 0 Å². The monoisotopic (exact) mass is 311 g/mol. The SMILES string of the molecule is Cc1ccc(Br)c(Nc2nc(Cl)ccc2N)c1. The number of nitrogens with two attached hydrogens (primary N) is 1. The van der Waals surface area contributed by atoms with Gasteiger partial charge in [0.05, 0.1) is 11.4 Å². The van der Waals surface area contributed by atoms with Crippen molar-refractivity contribution >= 4 is 44.7 Å². The summed E-state index contributed by atoms with van der Waals surface area (Å²) in [5, 5.41) is 3.56. The summed E-state index contributed by atoms with van der Waals surface area (Å²) >= 11 is 9.30. The van der Waals surface area contributed by atoms with Crippen molar-refractivity contribution in [1.29, 1.82) is 0 Å². The van der Waals surface area contributed by atoms with E-state index >= 15 is 0 Å². The Kier molecular flexibility index (Phi) is 3.54. The van der Waals surface area contributed by atoms with Gasteiger partial charge in [-0.05, 0) is 52.7 Å². The third kappa shape index (κ3) is 2.90. The molecule has 0 atom stereocenters. The van der Waals surface area contributed by atoms with Gasteiger partial charge in [0, 0.05) is 4.47 Å². The summed E-state index contributed by atoms with van der Waals surface area (Å²) < 4.78 is 0.948. The van der Waals surface area contributed by atoms with Crippen LogP contribution in [-0.4, -0.2) is 4.98 Å². The molecule has 3 nitrogen and oxygen atoms in total. The molecule has 0 fully saturated rings. The maximum absolute atomic E-state index is 5.84. The van der Waals surface area contributed by atoms with Crippen LogP contribution < -0.4 is 11.1 Å². The fourth-order valence-corrected chi connectivity index (χ4v) is 1.90. The number of anilines is 3. The van der Waals surface area contributed by atoms with Gasteiger partial charge < -0.3 is 11.1 Å². The van der Waals surface area contributed by atoms with Gasteiger partial charge in [0.1, 0.15) is 5.15 Å². The number of nitrogen functional groups attached to an aromatic ring is 1. The zero-order valence-corrected chi connectivity index (χ0v) is 11.5. The molecule has 0 aliphatic heterocycles. The summed E-state index contributed by atoms with van der Waals surface area (Å²) in [4.78, 5) is 4.15. The van der Waals surface area contributed by atoms with Crippen molar-refractivity contribution < 1.29 is 0 Å². The second-order valence-corrected chi connectivity index (χ2v) is 4.92. The fraction of sp³-hybridized carbons (Fsp3) is 0.0833. The van der Waals surface area contributed by atoms with Gasteiger partial charge in [-0.3, -0.25) is 0 Å². The Morgan fingerprint density at radius 1 is 1.29 bits per heavy atom. The maximum Gasteiger partial charge on any atom is 0.155 e. The molecule has 0 saturated carbocycles. The average molecular weight is 313 g/mol. The van der Waals surface area contributed by atoms with Crippen molar-refractivity contribution in [2.24, 2.45) is 0 Å². The van der Waals surface area contributed by atoms with Crippen LogP contribution >= 0.6 is 27.5 Å². The molecular weight excluding hydrogens is 302 g/mol. The van der Waals surface area contributed by atoms with E-state index in [4.69, 9.17) is 17.3 Å². The molecule has 88 valence electrons. The van der Waals surface area contributed by atoms with E-state index in [0.717, 1.165) is 15.7 Å². The minimum absolute atomic E-state index is 0.408. The third-order valence-corrected chi connectivity index (χ3v) is 3.17. The highest BCUT2D eigenvalue weighted by Gasteiger charge is 2.05. The van der Waals surface area contributed by atoms with Crippen LogP contribution in [0.5, 0.6) is 0 Å². The Bertz CT molecular complexity index is 508. The maximum atomic E-state index is 5.84. The van der Waals surface area contributed by atoms with Crippen LogP contribution in [0.4, 0.5) is 17.2 Å². The Morgan fingerprint density at radius 3 is 2.82 bits per heavy atom. The van der Waals surface area contributed by atoms with Crippen molar-refractivity contribution in [1.82, 2.24) is 4.98 Å². The number of benzene rings is 1. The number of rotatable bonds is 2. The van der Waals surface area contributed by atoms with E-state index in [-0.39, 0.29) is 0 Å². The van der Waals surface area contributed by atoms with Crippen LogP contribution in [-0.2, 0) is 0 Å². The molecule has 0 radical (unpaired) electrons. The molecule has 2 rings (SSSR count). The third-order valence-electron chi connectivity index (χ3n) is 2.27. The highest BCUT2D eigenvalue weighted by molar-refractivity contribution is 9.10. The molecule has 0 spiro atoms. The molecule has 0 aliphatic rings. The van der Waals surface area contributed by atoms with Gasteiger partial charge in [-0.25, -0.2) is 4.98 Å². The number of aryl methyl sites for hydroxylation is 1. The van der Waals surface area contributed by atoms with E-state index in [1.807, 2.05) is 25.1 Å². The molecule has 17 heavy (non-hydrogen) atoms. The highest BCUT2D eigenvalue weighted by Crippen LogP contribution is 2.29. The Morgan fingerprint density at radius 2 is 2.06 bits per heavy atom. The number of hydrogen-bond donors (Lipinski definition) is 2. The van der Waals surface area contributed by atoms with Gasteiger partial charge in [0.2, 0.25) is 0 Å². The summed E-state index contributed by atoms with van der Waals surface area (Å²) in [6.45, 7) is 2.02. The number of pyridine rings is 1. The highest BCUT2D eigenvalue weighted by atomic mass is 79.9. The molecule has 5 heteroatoms. The molecule has 1 heterocycles. The molecule has 1 aromatic carbocycles. The van der Waals surface area contributed by atoms with Crippen LogP contribution in [0.25, 0.3) is 0 Å². The molecular formula is C12H11BrClN3. The molecule has 0 amide bonds. The van der Waals surface area contributed by atoms with Crippen LogP contribution in [0.1, 0.15) is 5.56 Å². The summed E-state index contributed by atoms with van der Waals surface area (Å²) in [7, 11) is 0. The normalized spacial score (nSPS) is 10.3. The molecule has 0 saturated heterocycles. The Labute approximate surface area is 113 Å². The molecule has 0 aliphatic carbocycles. The van der Waals surface area contributed by atoms with Gasteiger partial charge in [-0.2, -0.15) is 0 Å². The van der Waals surface area contributed by atoms with Crippen molar-refractivity contribution in [3.63, 3.8) is 0 Å². The first-order valence-electron chi connectivity index (χ1n) is 5.01. The van der Waals surface area contributed by atoms with Crippen molar-refractivity contribution in [2.45, 2.75) is 6.92 Å². The number of nitrogens with zero attached hydrogens (tertiary/aromatic N) is 1. The van der Waals surface area contributed by atoms with Crippen molar-refractivity contribution in [3.8, 4) is 0 Å². The molecule has 0 unspecified atom stereocenters. The first kappa shape index (κ1) is 12.2. The van der Waals surface area contributed by atoms with E-state index in [2.05, 4.69) is 26.2 Å². The fourth-order valence-electron chi connectivity index (χ4n) is 1.41. The predicted molar refractivity (Wildman–Crippen MR) is 75.8 cm³/mol. The zero-order valence-electron chi connectivity index (χ0n) is 9.17. The van der Waals surface area contributed by atoms with E-state index in [1.165, 1.54) is 0 Å². The van der Waals surface area contributed by atoms with Crippen LogP contribution in [0.3, 0.4) is 0 Å². The minimum Gasteiger partial charge on any atom is -0.396 e. The van der Waals surface area contributed by atoms with E-state index in [1.54, 1.807) is 12.1 Å². The predicted octanol–water partition coefficient (Wildman–Crippen LogP) is 4.13. The van der Waals surface area contributed by atoms with E-state index in [0.29, 0.717) is 16.7 Å². The molecule has 2 aromatic rings. The van der Waals surface area contributed by atoms with Gasteiger partial charge in [0.25, 0.3) is 0 Å². The summed E-state index contributed by atoms with van der Waals surface area (Å²) in [5.41, 5.74) is 8.44. The second-order valence-electron chi connectivity index (χ2n) is 3.68. The zero-order chi connectivity index (χ0) is 12.4. The van der Waals surface area contributed by atoms with Crippen molar-refractivity contribution in [3.05, 3.63) is 45.5 Å². The van der Waals surface area contributed by atoms with Crippen LogP contribution in [0.15, 0.2) is 34.8 Å². The van der Waals surface area contributed by atoms with Gasteiger partial charge in [0.15, 0.2) is 5.82 Å². The topological polar surface area (TPSA) is 50.9 Å². The van der Waals surface area contributed by atoms with Crippen LogP contribution in [0, 0.1) is 6.92 Å². The summed E-state index contributed by atoms with van der Waals surface area (Å²) in [5.74, 6) is 0.559. The smallest absolute Gasteiger partial charge is 0.155 e. The second kappa shape index (κ2) is 4.94. The molecule has 0 bridgehead atoms. The standard InChI is InChI=1S/C12H11BrClN3/c1-7-2-3-8(13)10(6-7)16-12-9(15)4-5-11(14)17-12/h2-6H,15H2,1H3,(H,16,17). The quantitative estimate of drug-likeness (QED) is 0.820. The average Bonchev–Trinajstić information content (AvgIpc) is 2.28. The number of nitrogens with one attached hydrogen (secondary N) is 1. The minimum atomic E-state index is 0.408. The lowest BCUT2D eigenvalue weighted by Gasteiger charge is -2.10. The summed E-state index contributed by atoms with van der Waals surface area (Å²) in [6, 6.07) is 9.38. The lowest BCUT2D eigenvalue weighted by Crippen LogP contribution is -2.00. The lowest BCUT2D eigenvalue weighted by atomic mass is 10.2. The largest absolute Gasteiger partial charge is 0.396 e. The Hall–Kier alpha value is -1.26. The van der Waals surface area contributed by atoms with Crippen LogP contribution in [0.2, 0.25) is 5.15 Å². The first-order valence-corrected chi connectivity index (χ1v) is 6.18. The number of aromatic nitrogens is 1. The summed E-state index contributed by atoms with van der Waals surface area (Å²) in [6.07, 6.45) is 0. The molecule has 3 N–H and O–H groups in total. The number of hydrogen-bond acceptors (Lipinski definition) is 3.